The minimum Gasteiger partial charge on any atom is -0.440 e. The maximum atomic E-state index is 13.3. The molecule has 2 amide bonds. The van der Waals surface area contributed by atoms with Crippen molar-refractivity contribution in [1.29, 1.82) is 10.8 Å². The first-order chi connectivity index (χ1) is 17.5. The van der Waals surface area contributed by atoms with Gasteiger partial charge in [-0.3, -0.25) is 20.9 Å². The summed E-state index contributed by atoms with van der Waals surface area (Å²) < 4.78 is 12.1. The molecule has 0 saturated carbocycles. The van der Waals surface area contributed by atoms with E-state index in [9.17, 15) is 9.59 Å². The molecule has 10 heteroatoms. The highest BCUT2D eigenvalue weighted by Crippen LogP contribution is 2.29. The highest BCUT2D eigenvalue weighted by Gasteiger charge is 2.40. The maximum absolute atomic E-state index is 13.3. The lowest BCUT2D eigenvalue weighted by Gasteiger charge is -2.37. The molecule has 200 valence electrons. The van der Waals surface area contributed by atoms with E-state index in [0.29, 0.717) is 48.2 Å². The van der Waals surface area contributed by atoms with Crippen LogP contribution in [0, 0.1) is 10.8 Å². The largest absolute Gasteiger partial charge is 0.440 e. The van der Waals surface area contributed by atoms with Crippen LogP contribution in [0.5, 0.6) is 0 Å². The van der Waals surface area contributed by atoms with Crippen molar-refractivity contribution in [3.63, 3.8) is 0 Å². The topological polar surface area (TPSA) is 176 Å². The Balaban J connectivity index is 2.11. The van der Waals surface area contributed by atoms with E-state index >= 15 is 0 Å². The van der Waals surface area contributed by atoms with E-state index in [1.165, 1.54) is 0 Å². The number of nitrogen functional groups attached to an aromatic ring is 2. The number of anilines is 2. The van der Waals surface area contributed by atoms with Crippen LogP contribution in [-0.2, 0) is 14.3 Å². The van der Waals surface area contributed by atoms with Gasteiger partial charge in [0, 0.05) is 22.5 Å². The summed E-state index contributed by atoms with van der Waals surface area (Å²) in [7, 11) is 0. The first kappa shape index (κ1) is 29.3. The highest BCUT2D eigenvalue weighted by atomic mass is 16.6. The molecule has 0 aliphatic carbocycles. The number of carbonyl (C=O) groups is 2. The molecule has 0 atom stereocenters. The van der Waals surface area contributed by atoms with Crippen molar-refractivity contribution in [2.45, 2.75) is 64.6 Å². The second-order valence-electron chi connectivity index (χ2n) is 8.83. The summed E-state index contributed by atoms with van der Waals surface area (Å²) >= 11 is 0. The van der Waals surface area contributed by atoms with Crippen LogP contribution in [0.3, 0.4) is 0 Å². The fourth-order valence-electron chi connectivity index (χ4n) is 3.79. The smallest absolute Gasteiger partial charge is 0.412 e. The standard InChI is InChI=1S/C27H38N6O4/c1-5-26(6-2,37-25(35)33-21-15-11-19(12-16-21)23(30)31)17-36-27(7-3,8-4)24(34)32-20-13-9-18(10-14-20)22(28)29/h9-16H,5-8,17H2,1-4H3,(H3,28,29)(H3,30,31)(H,32,34)(H,33,35). The predicted molar refractivity (Wildman–Crippen MR) is 146 cm³/mol. The van der Waals surface area contributed by atoms with Gasteiger partial charge in [-0.05, 0) is 74.2 Å². The highest BCUT2D eigenvalue weighted by molar-refractivity contribution is 5.99. The van der Waals surface area contributed by atoms with E-state index in [1.807, 2.05) is 27.7 Å². The first-order valence-corrected chi connectivity index (χ1v) is 12.4. The Morgan fingerprint density at radius 2 is 1.19 bits per heavy atom. The minimum absolute atomic E-state index is 0.0368. The van der Waals surface area contributed by atoms with Crippen molar-refractivity contribution in [3.05, 3.63) is 59.7 Å². The van der Waals surface area contributed by atoms with Gasteiger partial charge in [0.15, 0.2) is 0 Å². The van der Waals surface area contributed by atoms with Crippen molar-refractivity contribution in [1.82, 2.24) is 0 Å². The molecule has 0 aliphatic rings. The Kier molecular flexibility index (Phi) is 10.2. The Hall–Kier alpha value is -3.92. The molecule has 2 aromatic carbocycles. The average molecular weight is 511 g/mol. The lowest BCUT2D eigenvalue weighted by Crippen LogP contribution is -2.49. The van der Waals surface area contributed by atoms with Crippen LogP contribution in [0.4, 0.5) is 16.2 Å². The number of benzene rings is 2. The number of carbonyl (C=O) groups excluding carboxylic acids is 2. The van der Waals surface area contributed by atoms with Gasteiger partial charge in [0.25, 0.3) is 5.91 Å². The zero-order valence-corrected chi connectivity index (χ0v) is 21.9. The summed E-state index contributed by atoms with van der Waals surface area (Å²) in [4.78, 5) is 26.0. The third kappa shape index (κ3) is 7.53. The van der Waals surface area contributed by atoms with Gasteiger partial charge < -0.3 is 26.3 Å². The molecule has 2 rings (SSSR count). The van der Waals surface area contributed by atoms with Gasteiger partial charge in [-0.15, -0.1) is 0 Å². The second kappa shape index (κ2) is 12.9. The summed E-state index contributed by atoms with van der Waals surface area (Å²) in [6, 6.07) is 13.2. The number of ether oxygens (including phenoxy) is 2. The summed E-state index contributed by atoms with van der Waals surface area (Å²) in [6.07, 6.45) is 1.16. The lowest BCUT2D eigenvalue weighted by molar-refractivity contribution is -0.156. The lowest BCUT2D eigenvalue weighted by atomic mass is 9.93. The second-order valence-corrected chi connectivity index (χ2v) is 8.83. The molecule has 0 fully saturated rings. The van der Waals surface area contributed by atoms with Crippen LogP contribution in [0.2, 0.25) is 0 Å². The van der Waals surface area contributed by atoms with Gasteiger partial charge in [-0.2, -0.15) is 0 Å². The maximum Gasteiger partial charge on any atom is 0.412 e. The molecule has 0 radical (unpaired) electrons. The Bertz CT molecular complexity index is 1090. The molecule has 0 unspecified atom stereocenters. The zero-order valence-electron chi connectivity index (χ0n) is 21.9. The van der Waals surface area contributed by atoms with Crippen LogP contribution in [0.25, 0.3) is 0 Å². The van der Waals surface area contributed by atoms with E-state index in [1.54, 1.807) is 48.5 Å². The van der Waals surface area contributed by atoms with Crippen molar-refractivity contribution < 1.29 is 19.1 Å². The molecule has 10 nitrogen and oxygen atoms in total. The number of hydrogen-bond acceptors (Lipinski definition) is 6. The van der Waals surface area contributed by atoms with E-state index in [2.05, 4.69) is 10.6 Å². The molecular weight excluding hydrogens is 472 g/mol. The van der Waals surface area contributed by atoms with E-state index in [0.717, 1.165) is 0 Å². The fraction of sp³-hybridized carbons (Fsp3) is 0.407. The summed E-state index contributed by atoms with van der Waals surface area (Å²) in [6.45, 7) is 7.59. The van der Waals surface area contributed by atoms with E-state index < -0.39 is 17.3 Å². The number of rotatable bonds is 13. The monoisotopic (exact) mass is 510 g/mol. The van der Waals surface area contributed by atoms with Crippen LogP contribution in [0.15, 0.2) is 48.5 Å². The van der Waals surface area contributed by atoms with Gasteiger partial charge in [-0.1, -0.05) is 27.7 Å². The molecule has 0 bridgehead atoms. The van der Waals surface area contributed by atoms with Crippen molar-refractivity contribution in [2.75, 3.05) is 17.2 Å². The molecule has 0 aromatic heterocycles. The van der Waals surface area contributed by atoms with Crippen molar-refractivity contribution >= 4 is 35.0 Å². The quantitative estimate of drug-likeness (QED) is 0.170. The average Bonchev–Trinajstić information content (AvgIpc) is 2.89. The van der Waals surface area contributed by atoms with Crippen molar-refractivity contribution in [3.8, 4) is 0 Å². The van der Waals surface area contributed by atoms with Crippen LogP contribution in [0.1, 0.15) is 64.5 Å². The molecule has 0 saturated heterocycles. The Morgan fingerprint density at radius 3 is 1.57 bits per heavy atom. The van der Waals surface area contributed by atoms with Gasteiger partial charge in [-0.25, -0.2) is 4.79 Å². The van der Waals surface area contributed by atoms with E-state index in [4.69, 9.17) is 31.8 Å². The third-order valence-corrected chi connectivity index (χ3v) is 6.66. The Labute approximate surface area is 218 Å². The molecule has 8 N–H and O–H groups in total. The summed E-state index contributed by atoms with van der Waals surface area (Å²) in [5.74, 6) is -0.413. The number of amidine groups is 2. The zero-order chi connectivity index (χ0) is 27.6. The van der Waals surface area contributed by atoms with Crippen LogP contribution < -0.4 is 22.1 Å². The fourth-order valence-corrected chi connectivity index (χ4v) is 3.79. The minimum atomic E-state index is -1.13. The van der Waals surface area contributed by atoms with Gasteiger partial charge in [0.05, 0.1) is 6.61 Å². The molecular formula is C27H38N6O4. The predicted octanol–water partition coefficient (Wildman–Crippen LogP) is 4.58. The van der Waals surface area contributed by atoms with Crippen LogP contribution in [-0.4, -0.2) is 41.5 Å². The molecule has 0 aliphatic heterocycles. The van der Waals surface area contributed by atoms with Gasteiger partial charge in [0.1, 0.15) is 22.9 Å². The van der Waals surface area contributed by atoms with Crippen LogP contribution >= 0.6 is 0 Å². The molecule has 0 spiro atoms. The Morgan fingerprint density at radius 1 is 0.757 bits per heavy atom. The number of hydrogen-bond donors (Lipinski definition) is 6. The van der Waals surface area contributed by atoms with E-state index in [-0.39, 0.29) is 24.2 Å². The van der Waals surface area contributed by atoms with Crippen molar-refractivity contribution in [2.24, 2.45) is 11.5 Å². The van der Waals surface area contributed by atoms with Gasteiger partial charge in [0.2, 0.25) is 0 Å². The SMILES string of the molecule is CCC(CC)(COC(CC)(CC)C(=O)Nc1ccc(C(=N)N)cc1)OC(=O)Nc1ccc(C(=N)N)cc1. The first-order valence-electron chi connectivity index (χ1n) is 12.4. The summed E-state index contributed by atoms with van der Waals surface area (Å²) in [5.41, 5.74) is 11.1. The number of nitrogens with one attached hydrogen (secondary N) is 4. The van der Waals surface area contributed by atoms with Gasteiger partial charge >= 0.3 is 6.09 Å². The molecule has 0 heterocycles. The molecule has 2 aromatic rings. The third-order valence-electron chi connectivity index (χ3n) is 6.66. The number of nitrogens with two attached hydrogens (primary N) is 2. The normalized spacial score (nSPS) is 11.5. The molecule has 37 heavy (non-hydrogen) atoms. The summed E-state index contributed by atoms with van der Waals surface area (Å²) in [5, 5.41) is 20.6. The number of amides is 2.